The highest BCUT2D eigenvalue weighted by atomic mass is 16.2. The zero-order chi connectivity index (χ0) is 15.2. The van der Waals surface area contributed by atoms with Crippen molar-refractivity contribution in [1.82, 2.24) is 9.80 Å². The maximum absolute atomic E-state index is 12.1. The highest BCUT2D eigenvalue weighted by Crippen LogP contribution is 2.07. The smallest absolute Gasteiger partial charge is 0.311 e. The second-order valence-corrected chi connectivity index (χ2v) is 4.88. The average molecular weight is 288 g/mol. The molecule has 0 atom stereocenters. The molecule has 1 aromatic rings. The van der Waals surface area contributed by atoms with Crippen LogP contribution < -0.4 is 5.73 Å². The Kier molecular flexibility index (Phi) is 4.92. The van der Waals surface area contributed by atoms with Crippen LogP contribution in [0.1, 0.15) is 5.56 Å². The van der Waals surface area contributed by atoms with E-state index in [1.165, 1.54) is 4.90 Å². The highest BCUT2D eigenvalue weighted by molar-refractivity contribution is 6.34. The fourth-order valence-corrected chi connectivity index (χ4v) is 2.23. The van der Waals surface area contributed by atoms with Gasteiger partial charge in [-0.2, -0.15) is 0 Å². The van der Waals surface area contributed by atoms with Gasteiger partial charge in [-0.25, -0.2) is 0 Å². The minimum Gasteiger partial charge on any atom is -0.361 e. The van der Waals surface area contributed by atoms with E-state index in [2.05, 4.69) is 0 Å². The van der Waals surface area contributed by atoms with E-state index in [9.17, 15) is 14.4 Å². The van der Waals surface area contributed by atoms with Crippen molar-refractivity contribution >= 4 is 17.7 Å². The first-order valence-electron chi connectivity index (χ1n) is 6.82. The van der Waals surface area contributed by atoms with Crippen molar-refractivity contribution in [3.05, 3.63) is 42.3 Å². The van der Waals surface area contributed by atoms with Crippen molar-refractivity contribution in [2.75, 3.05) is 26.2 Å². The number of primary amides is 1. The molecule has 0 bridgehead atoms. The molecule has 1 fully saturated rings. The SMILES string of the molecule is NC(=O)C(=O)N1CCN(C(=O)[CH]Cc2ccccc2)CC1. The molecule has 1 aliphatic heterocycles. The second kappa shape index (κ2) is 6.88. The first kappa shape index (κ1) is 15.0. The van der Waals surface area contributed by atoms with Gasteiger partial charge in [-0.1, -0.05) is 30.3 Å². The quantitative estimate of drug-likeness (QED) is 0.767. The first-order chi connectivity index (χ1) is 10.1. The van der Waals surface area contributed by atoms with Gasteiger partial charge in [0.25, 0.3) is 0 Å². The predicted octanol–water partition coefficient (Wildman–Crippen LogP) is -0.411. The summed E-state index contributed by atoms with van der Waals surface area (Å²) in [6.45, 7) is 1.52. The third-order valence-corrected chi connectivity index (χ3v) is 3.44. The number of nitrogens with two attached hydrogens (primary N) is 1. The Morgan fingerprint density at radius 1 is 1.00 bits per heavy atom. The lowest BCUT2D eigenvalue weighted by Gasteiger charge is -2.34. The number of carbonyl (C=O) groups is 3. The molecule has 0 saturated carbocycles. The summed E-state index contributed by atoms with van der Waals surface area (Å²) >= 11 is 0. The molecule has 111 valence electrons. The lowest BCUT2D eigenvalue weighted by molar-refractivity contribution is -0.146. The van der Waals surface area contributed by atoms with Crippen LogP contribution in [0.15, 0.2) is 30.3 Å². The van der Waals surface area contributed by atoms with Crippen molar-refractivity contribution in [2.24, 2.45) is 5.73 Å². The minimum absolute atomic E-state index is 0.0509. The fraction of sp³-hybridized carbons (Fsp3) is 0.333. The van der Waals surface area contributed by atoms with Gasteiger partial charge in [-0.3, -0.25) is 14.4 Å². The highest BCUT2D eigenvalue weighted by Gasteiger charge is 2.26. The lowest BCUT2D eigenvalue weighted by Crippen LogP contribution is -2.53. The van der Waals surface area contributed by atoms with Gasteiger partial charge < -0.3 is 15.5 Å². The maximum atomic E-state index is 12.1. The van der Waals surface area contributed by atoms with Crippen LogP contribution in [0.3, 0.4) is 0 Å². The average Bonchev–Trinajstić information content (AvgIpc) is 2.53. The van der Waals surface area contributed by atoms with Crippen LogP contribution in [-0.4, -0.2) is 53.7 Å². The van der Waals surface area contributed by atoms with Gasteiger partial charge >= 0.3 is 11.8 Å². The Morgan fingerprint density at radius 3 is 2.14 bits per heavy atom. The largest absolute Gasteiger partial charge is 0.361 e. The Bertz CT molecular complexity index is 522. The van der Waals surface area contributed by atoms with Gasteiger partial charge in [0.05, 0.1) is 6.42 Å². The summed E-state index contributed by atoms with van der Waals surface area (Å²) in [6, 6.07) is 9.73. The van der Waals surface area contributed by atoms with Gasteiger partial charge in [-0.05, 0) is 12.0 Å². The van der Waals surface area contributed by atoms with E-state index in [4.69, 9.17) is 5.73 Å². The van der Waals surface area contributed by atoms with Crippen LogP contribution in [0.4, 0.5) is 0 Å². The number of piperazine rings is 1. The van der Waals surface area contributed by atoms with Crippen LogP contribution in [0, 0.1) is 6.42 Å². The van der Waals surface area contributed by atoms with E-state index in [-0.39, 0.29) is 5.91 Å². The van der Waals surface area contributed by atoms with E-state index in [1.807, 2.05) is 30.3 Å². The van der Waals surface area contributed by atoms with Crippen LogP contribution >= 0.6 is 0 Å². The van der Waals surface area contributed by atoms with E-state index in [0.717, 1.165) is 5.56 Å². The standard InChI is InChI=1S/C15H18N3O3/c16-14(20)15(21)18-10-8-17(9-11-18)13(19)7-6-12-4-2-1-3-5-12/h1-5,7H,6,8-11H2,(H2,16,20). The molecule has 1 heterocycles. The normalized spacial score (nSPS) is 14.9. The van der Waals surface area contributed by atoms with Crippen LogP contribution in [0.5, 0.6) is 0 Å². The zero-order valence-electron chi connectivity index (χ0n) is 11.7. The molecule has 3 amide bonds. The molecule has 0 aromatic heterocycles. The molecular formula is C15H18N3O3. The summed E-state index contributed by atoms with van der Waals surface area (Å²) in [7, 11) is 0. The number of amides is 3. The number of hydrogen-bond donors (Lipinski definition) is 1. The Morgan fingerprint density at radius 2 is 1.57 bits per heavy atom. The number of rotatable bonds is 3. The number of benzene rings is 1. The molecule has 6 heteroatoms. The molecule has 1 aliphatic rings. The summed E-state index contributed by atoms with van der Waals surface area (Å²) in [4.78, 5) is 37.4. The monoisotopic (exact) mass is 288 g/mol. The zero-order valence-corrected chi connectivity index (χ0v) is 11.7. The molecular weight excluding hydrogens is 270 g/mol. The van der Waals surface area contributed by atoms with Gasteiger partial charge in [0, 0.05) is 26.2 Å². The van der Waals surface area contributed by atoms with Gasteiger partial charge in [0.2, 0.25) is 5.91 Å². The Balaban J connectivity index is 1.78. The third kappa shape index (κ3) is 4.05. The molecule has 0 aliphatic carbocycles. The molecule has 0 unspecified atom stereocenters. The third-order valence-electron chi connectivity index (χ3n) is 3.44. The van der Waals surface area contributed by atoms with Crippen molar-refractivity contribution in [2.45, 2.75) is 6.42 Å². The fourth-order valence-electron chi connectivity index (χ4n) is 2.23. The molecule has 1 saturated heterocycles. The summed E-state index contributed by atoms with van der Waals surface area (Å²) in [5, 5.41) is 0. The van der Waals surface area contributed by atoms with Gasteiger partial charge in [0.1, 0.15) is 0 Å². The predicted molar refractivity (Wildman–Crippen MR) is 76.8 cm³/mol. The van der Waals surface area contributed by atoms with Crippen molar-refractivity contribution in [3.63, 3.8) is 0 Å². The Labute approximate surface area is 123 Å². The summed E-state index contributed by atoms with van der Waals surface area (Å²) in [5.41, 5.74) is 6.03. The minimum atomic E-state index is -0.953. The number of carbonyl (C=O) groups excluding carboxylic acids is 3. The maximum Gasteiger partial charge on any atom is 0.311 e. The molecule has 1 aromatic carbocycles. The van der Waals surface area contributed by atoms with Crippen molar-refractivity contribution in [3.8, 4) is 0 Å². The van der Waals surface area contributed by atoms with E-state index in [1.54, 1.807) is 11.3 Å². The Hall–Kier alpha value is -2.37. The summed E-state index contributed by atoms with van der Waals surface area (Å²) in [6.07, 6.45) is 2.22. The summed E-state index contributed by atoms with van der Waals surface area (Å²) in [5.74, 6) is -1.69. The second-order valence-electron chi connectivity index (χ2n) is 4.88. The molecule has 1 radical (unpaired) electrons. The lowest BCUT2D eigenvalue weighted by atomic mass is 10.1. The number of nitrogens with zero attached hydrogens (tertiary/aromatic N) is 2. The van der Waals surface area contributed by atoms with E-state index < -0.39 is 11.8 Å². The van der Waals surface area contributed by atoms with Gasteiger partial charge in [-0.15, -0.1) is 0 Å². The van der Waals surface area contributed by atoms with E-state index in [0.29, 0.717) is 32.6 Å². The molecule has 2 N–H and O–H groups in total. The molecule has 6 nitrogen and oxygen atoms in total. The van der Waals surface area contributed by atoms with Crippen LogP contribution in [0.2, 0.25) is 0 Å². The van der Waals surface area contributed by atoms with Crippen molar-refractivity contribution in [1.29, 1.82) is 0 Å². The van der Waals surface area contributed by atoms with Crippen LogP contribution in [0.25, 0.3) is 0 Å². The molecule has 0 spiro atoms. The van der Waals surface area contributed by atoms with E-state index >= 15 is 0 Å². The topological polar surface area (TPSA) is 83.7 Å². The van der Waals surface area contributed by atoms with Crippen molar-refractivity contribution < 1.29 is 14.4 Å². The van der Waals surface area contributed by atoms with Crippen LogP contribution in [-0.2, 0) is 20.8 Å². The molecule has 21 heavy (non-hydrogen) atoms. The van der Waals surface area contributed by atoms with Gasteiger partial charge in [0.15, 0.2) is 0 Å². The number of hydrogen-bond acceptors (Lipinski definition) is 3. The summed E-state index contributed by atoms with van der Waals surface area (Å²) < 4.78 is 0. The first-order valence-corrected chi connectivity index (χ1v) is 6.82. The molecule has 2 rings (SSSR count).